The summed E-state index contributed by atoms with van der Waals surface area (Å²) in [5.74, 6) is 0. The van der Waals surface area contributed by atoms with Crippen molar-refractivity contribution in [1.82, 2.24) is 0 Å². The van der Waals surface area contributed by atoms with Crippen LogP contribution in [0.3, 0.4) is 0 Å². The average molecular weight is 228 g/mol. The summed E-state index contributed by atoms with van der Waals surface area (Å²) in [5, 5.41) is 0. The topological polar surface area (TPSA) is 27.7 Å². The van der Waals surface area contributed by atoms with Crippen LogP contribution in [-0.2, 0) is 14.0 Å². The molecule has 0 spiro atoms. The number of hydrogen-bond donors (Lipinski definition) is 0. The number of methoxy groups -OCH3 is 1. The summed E-state index contributed by atoms with van der Waals surface area (Å²) in [6, 6.07) is 0. The number of rotatable bonds is 6. The molecule has 3 nitrogen and oxygen atoms in total. The Hall–Kier alpha value is -0.0551. The van der Waals surface area contributed by atoms with Crippen LogP contribution in [0.15, 0.2) is 0 Å². The molecule has 0 saturated carbocycles. The van der Waals surface area contributed by atoms with Gasteiger partial charge in [-0.1, -0.05) is 12.8 Å². The van der Waals surface area contributed by atoms with Crippen molar-refractivity contribution in [2.24, 2.45) is 0 Å². The molecule has 0 bridgehead atoms. The van der Waals surface area contributed by atoms with E-state index in [2.05, 4.69) is 27.7 Å². The fourth-order valence-electron chi connectivity index (χ4n) is 1.82. The molecule has 4 heteroatoms. The van der Waals surface area contributed by atoms with Crippen LogP contribution in [0.2, 0.25) is 6.32 Å². The van der Waals surface area contributed by atoms with Crippen molar-refractivity contribution >= 4 is 7.12 Å². The van der Waals surface area contributed by atoms with Crippen LogP contribution < -0.4 is 0 Å². The zero-order chi connectivity index (χ0) is 12.2. The maximum Gasteiger partial charge on any atom is 0.457 e. The van der Waals surface area contributed by atoms with Crippen molar-refractivity contribution < 1.29 is 14.0 Å². The molecule has 0 aromatic rings. The normalized spacial score (nSPS) is 22.7. The predicted octanol–water partition coefficient (Wildman–Crippen LogP) is 2.90. The van der Waals surface area contributed by atoms with Gasteiger partial charge in [0.25, 0.3) is 0 Å². The summed E-state index contributed by atoms with van der Waals surface area (Å²) < 4.78 is 16.9. The lowest BCUT2D eigenvalue weighted by molar-refractivity contribution is 0.00578. The SMILES string of the molecule is COCCCCCB1OC(C)(C)C(C)(C)O1. The Morgan fingerprint density at radius 1 is 0.938 bits per heavy atom. The molecule has 16 heavy (non-hydrogen) atoms. The predicted molar refractivity (Wildman–Crippen MR) is 66.6 cm³/mol. The maximum atomic E-state index is 5.92. The van der Waals surface area contributed by atoms with E-state index in [4.69, 9.17) is 14.0 Å². The lowest BCUT2D eigenvalue weighted by atomic mass is 9.82. The van der Waals surface area contributed by atoms with E-state index in [0.29, 0.717) is 0 Å². The Morgan fingerprint density at radius 2 is 1.50 bits per heavy atom. The Morgan fingerprint density at radius 3 is 2.00 bits per heavy atom. The Bertz CT molecular complexity index is 200. The summed E-state index contributed by atoms with van der Waals surface area (Å²) in [6.45, 7) is 9.23. The van der Waals surface area contributed by atoms with Gasteiger partial charge in [0.2, 0.25) is 0 Å². The molecule has 1 fully saturated rings. The molecule has 0 amide bonds. The fraction of sp³-hybridized carbons (Fsp3) is 1.00. The average Bonchev–Trinajstić information content (AvgIpc) is 2.35. The van der Waals surface area contributed by atoms with Crippen molar-refractivity contribution in [2.45, 2.75) is 64.5 Å². The first-order valence-corrected chi connectivity index (χ1v) is 6.23. The van der Waals surface area contributed by atoms with Crippen LogP contribution in [0.4, 0.5) is 0 Å². The van der Waals surface area contributed by atoms with E-state index in [1.807, 2.05) is 0 Å². The van der Waals surface area contributed by atoms with E-state index in [9.17, 15) is 0 Å². The summed E-state index contributed by atoms with van der Waals surface area (Å²) in [6.07, 6.45) is 4.42. The molecule has 1 aliphatic rings. The second-order valence-electron chi connectivity index (χ2n) is 5.53. The lowest BCUT2D eigenvalue weighted by Crippen LogP contribution is -2.41. The number of ether oxygens (including phenoxy) is 1. The zero-order valence-corrected chi connectivity index (χ0v) is 11.3. The molecular weight excluding hydrogens is 203 g/mol. The van der Waals surface area contributed by atoms with Crippen molar-refractivity contribution in [3.05, 3.63) is 0 Å². The first-order valence-electron chi connectivity index (χ1n) is 6.23. The van der Waals surface area contributed by atoms with E-state index in [1.54, 1.807) is 7.11 Å². The second-order valence-corrected chi connectivity index (χ2v) is 5.53. The fourth-order valence-corrected chi connectivity index (χ4v) is 1.82. The maximum absolute atomic E-state index is 5.92. The minimum Gasteiger partial charge on any atom is -0.403 e. The third kappa shape index (κ3) is 3.47. The minimum atomic E-state index is -0.190. The van der Waals surface area contributed by atoms with E-state index < -0.39 is 0 Å². The van der Waals surface area contributed by atoms with Crippen molar-refractivity contribution in [3.63, 3.8) is 0 Å². The van der Waals surface area contributed by atoms with Gasteiger partial charge >= 0.3 is 7.12 Å². The highest BCUT2D eigenvalue weighted by molar-refractivity contribution is 6.45. The summed E-state index contributed by atoms with van der Waals surface area (Å²) in [5.41, 5.74) is -0.381. The van der Waals surface area contributed by atoms with Crippen LogP contribution in [0.1, 0.15) is 47.0 Å². The highest BCUT2D eigenvalue weighted by Gasteiger charge is 2.50. The van der Waals surface area contributed by atoms with Gasteiger partial charge in [-0.15, -0.1) is 0 Å². The molecule has 0 unspecified atom stereocenters. The second kappa shape index (κ2) is 5.52. The molecule has 0 aromatic carbocycles. The summed E-state index contributed by atoms with van der Waals surface area (Å²) in [4.78, 5) is 0. The molecule has 1 rings (SSSR count). The molecule has 1 aliphatic heterocycles. The molecule has 94 valence electrons. The summed E-state index contributed by atoms with van der Waals surface area (Å²) >= 11 is 0. The van der Waals surface area contributed by atoms with Gasteiger partial charge in [-0.05, 0) is 40.4 Å². The van der Waals surface area contributed by atoms with Crippen LogP contribution in [0, 0.1) is 0 Å². The minimum absolute atomic E-state index is 0.0347. The molecule has 1 saturated heterocycles. The quantitative estimate of drug-likeness (QED) is 0.516. The van der Waals surface area contributed by atoms with E-state index in [1.165, 1.54) is 6.42 Å². The van der Waals surface area contributed by atoms with Gasteiger partial charge in [-0.2, -0.15) is 0 Å². The van der Waals surface area contributed by atoms with Gasteiger partial charge in [0.15, 0.2) is 0 Å². The van der Waals surface area contributed by atoms with E-state index in [-0.39, 0.29) is 18.3 Å². The Labute approximate surface area is 100.0 Å². The Kier molecular flexibility index (Phi) is 4.83. The number of unbranched alkanes of at least 4 members (excludes halogenated alkanes) is 2. The molecular formula is C12H25BO3. The van der Waals surface area contributed by atoms with Crippen LogP contribution in [0.25, 0.3) is 0 Å². The van der Waals surface area contributed by atoms with Crippen molar-refractivity contribution in [2.75, 3.05) is 13.7 Å². The van der Waals surface area contributed by atoms with Crippen LogP contribution in [-0.4, -0.2) is 32.0 Å². The monoisotopic (exact) mass is 228 g/mol. The first-order chi connectivity index (χ1) is 7.39. The summed E-state index contributed by atoms with van der Waals surface area (Å²) in [7, 11) is 1.71. The molecule has 0 aromatic heterocycles. The molecule has 1 heterocycles. The first kappa shape index (κ1) is 14.0. The van der Waals surface area contributed by atoms with Crippen LogP contribution in [0.5, 0.6) is 0 Å². The molecule has 0 aliphatic carbocycles. The van der Waals surface area contributed by atoms with Gasteiger partial charge in [-0.3, -0.25) is 0 Å². The van der Waals surface area contributed by atoms with Crippen LogP contribution >= 0.6 is 0 Å². The third-order valence-electron chi connectivity index (χ3n) is 3.59. The molecule has 0 radical (unpaired) electrons. The van der Waals surface area contributed by atoms with Gasteiger partial charge in [0.1, 0.15) is 0 Å². The van der Waals surface area contributed by atoms with Gasteiger partial charge < -0.3 is 14.0 Å². The third-order valence-corrected chi connectivity index (χ3v) is 3.59. The molecule has 0 N–H and O–H groups in total. The number of hydrogen-bond acceptors (Lipinski definition) is 3. The zero-order valence-electron chi connectivity index (χ0n) is 11.3. The lowest BCUT2D eigenvalue weighted by Gasteiger charge is -2.32. The Balaban J connectivity index is 2.21. The highest BCUT2D eigenvalue weighted by atomic mass is 16.7. The van der Waals surface area contributed by atoms with E-state index >= 15 is 0 Å². The van der Waals surface area contributed by atoms with E-state index in [0.717, 1.165) is 25.8 Å². The van der Waals surface area contributed by atoms with Crippen molar-refractivity contribution in [3.8, 4) is 0 Å². The standard InChI is InChI=1S/C12H25BO3/c1-11(2)12(3,4)16-13(15-11)9-7-6-8-10-14-5/h6-10H2,1-5H3. The van der Waals surface area contributed by atoms with Gasteiger partial charge in [0, 0.05) is 13.7 Å². The van der Waals surface area contributed by atoms with Gasteiger partial charge in [-0.25, -0.2) is 0 Å². The highest BCUT2D eigenvalue weighted by Crippen LogP contribution is 2.38. The largest absolute Gasteiger partial charge is 0.457 e. The van der Waals surface area contributed by atoms with Gasteiger partial charge in [0.05, 0.1) is 11.2 Å². The molecule has 0 atom stereocenters. The smallest absolute Gasteiger partial charge is 0.403 e. The van der Waals surface area contributed by atoms with Crippen molar-refractivity contribution in [1.29, 1.82) is 0 Å².